The number of ether oxygens (including phenoxy) is 2. The largest absolute Gasteiger partial charge is 0.486 e. The van der Waals surface area contributed by atoms with E-state index in [0.29, 0.717) is 17.1 Å². The lowest BCUT2D eigenvalue weighted by molar-refractivity contribution is -0.387. The summed E-state index contributed by atoms with van der Waals surface area (Å²) in [6, 6.07) is 11.2. The Hall–Kier alpha value is -2.65. The summed E-state index contributed by atoms with van der Waals surface area (Å²) < 4.78 is 38.7. The predicted molar refractivity (Wildman–Crippen MR) is 89.4 cm³/mol. The van der Waals surface area contributed by atoms with Crippen molar-refractivity contribution in [3.63, 3.8) is 0 Å². The lowest BCUT2D eigenvalue weighted by Crippen LogP contribution is -2.41. The molecule has 1 N–H and O–H groups in total. The zero-order valence-corrected chi connectivity index (χ0v) is 14.2. The van der Waals surface area contributed by atoms with Crippen LogP contribution in [0.4, 0.5) is 5.69 Å². The standard InChI is InChI=1S/C16H16N2O6S/c1-11-5-4-6-13(18(19)20)16(11)25(21,22)17-9-12-10-23-14-7-2-3-8-15(14)24-12/h2-8,12,17H,9-10H2,1H3. The van der Waals surface area contributed by atoms with Crippen molar-refractivity contribution in [1.82, 2.24) is 4.72 Å². The molecule has 0 spiro atoms. The quantitative estimate of drug-likeness (QED) is 0.642. The smallest absolute Gasteiger partial charge is 0.289 e. The highest BCUT2D eigenvalue weighted by Gasteiger charge is 2.29. The molecule has 0 saturated carbocycles. The Kier molecular flexibility index (Phi) is 4.60. The van der Waals surface area contributed by atoms with E-state index in [-0.39, 0.29) is 18.0 Å². The fourth-order valence-electron chi connectivity index (χ4n) is 2.57. The molecule has 0 fully saturated rings. The zero-order chi connectivity index (χ0) is 18.0. The first-order valence-electron chi connectivity index (χ1n) is 7.50. The van der Waals surface area contributed by atoms with Gasteiger partial charge in [0.15, 0.2) is 16.4 Å². The van der Waals surface area contributed by atoms with Crippen molar-refractivity contribution in [3.05, 3.63) is 58.1 Å². The minimum absolute atomic E-state index is 0.0673. The van der Waals surface area contributed by atoms with Gasteiger partial charge in [-0.25, -0.2) is 13.1 Å². The van der Waals surface area contributed by atoms with Crippen LogP contribution in [0, 0.1) is 17.0 Å². The number of benzene rings is 2. The normalized spacial score (nSPS) is 16.4. The molecule has 0 bridgehead atoms. The Balaban J connectivity index is 1.77. The number of nitrogens with zero attached hydrogens (tertiary/aromatic N) is 1. The number of sulfonamides is 1. The lowest BCUT2D eigenvalue weighted by atomic mass is 10.2. The maximum Gasteiger partial charge on any atom is 0.289 e. The van der Waals surface area contributed by atoms with E-state index in [1.807, 2.05) is 6.07 Å². The van der Waals surface area contributed by atoms with E-state index < -0.39 is 26.7 Å². The Labute approximate surface area is 144 Å². The van der Waals surface area contributed by atoms with E-state index in [1.54, 1.807) is 18.2 Å². The van der Waals surface area contributed by atoms with Crippen molar-refractivity contribution in [1.29, 1.82) is 0 Å². The molecule has 1 aliphatic heterocycles. The van der Waals surface area contributed by atoms with Gasteiger partial charge in [-0.15, -0.1) is 0 Å². The molecule has 8 nitrogen and oxygen atoms in total. The first-order valence-corrected chi connectivity index (χ1v) is 8.99. The number of fused-ring (bicyclic) bond motifs is 1. The summed E-state index contributed by atoms with van der Waals surface area (Å²) in [6.07, 6.45) is -0.534. The number of aryl methyl sites for hydroxylation is 1. The molecular formula is C16H16N2O6S. The van der Waals surface area contributed by atoms with E-state index in [2.05, 4.69) is 4.72 Å². The van der Waals surface area contributed by atoms with Crippen LogP contribution in [-0.2, 0) is 10.0 Å². The Bertz CT molecular complexity index is 913. The SMILES string of the molecule is Cc1cccc([N+](=O)[O-])c1S(=O)(=O)NCC1COc2ccccc2O1. The van der Waals surface area contributed by atoms with Crippen LogP contribution in [0.25, 0.3) is 0 Å². The zero-order valence-electron chi connectivity index (χ0n) is 13.3. The minimum atomic E-state index is -4.07. The highest BCUT2D eigenvalue weighted by Crippen LogP contribution is 2.31. The van der Waals surface area contributed by atoms with Gasteiger partial charge in [0.05, 0.1) is 11.5 Å². The molecule has 0 saturated heterocycles. The monoisotopic (exact) mass is 364 g/mol. The van der Waals surface area contributed by atoms with Crippen LogP contribution < -0.4 is 14.2 Å². The molecule has 9 heteroatoms. The number of rotatable bonds is 5. The van der Waals surface area contributed by atoms with E-state index >= 15 is 0 Å². The summed E-state index contributed by atoms with van der Waals surface area (Å²) in [4.78, 5) is 10.1. The average Bonchev–Trinajstić information content (AvgIpc) is 2.59. The third-order valence-corrected chi connectivity index (χ3v) is 5.34. The molecule has 0 aliphatic carbocycles. The van der Waals surface area contributed by atoms with Gasteiger partial charge in [-0.1, -0.05) is 24.3 Å². The van der Waals surface area contributed by atoms with Crippen molar-refractivity contribution in [2.24, 2.45) is 0 Å². The topological polar surface area (TPSA) is 108 Å². The number of nitrogens with one attached hydrogen (secondary N) is 1. The maximum absolute atomic E-state index is 12.6. The average molecular weight is 364 g/mol. The second-order valence-corrected chi connectivity index (χ2v) is 7.23. The molecular weight excluding hydrogens is 348 g/mol. The Morgan fingerprint density at radius 2 is 1.92 bits per heavy atom. The van der Waals surface area contributed by atoms with Gasteiger partial charge in [0.2, 0.25) is 10.0 Å². The first-order chi connectivity index (χ1) is 11.9. The number of hydrogen-bond donors (Lipinski definition) is 1. The maximum atomic E-state index is 12.6. The Morgan fingerprint density at radius 1 is 1.20 bits per heavy atom. The third kappa shape index (κ3) is 3.57. The van der Waals surface area contributed by atoms with Crippen molar-refractivity contribution >= 4 is 15.7 Å². The van der Waals surface area contributed by atoms with Crippen molar-refractivity contribution in [2.45, 2.75) is 17.9 Å². The predicted octanol–water partition coefficient (Wildman–Crippen LogP) is 2.02. The number of hydrogen-bond acceptors (Lipinski definition) is 6. The summed E-state index contributed by atoms with van der Waals surface area (Å²) in [6.45, 7) is 1.62. The summed E-state index contributed by atoms with van der Waals surface area (Å²) in [5.74, 6) is 1.12. The second kappa shape index (κ2) is 6.69. The lowest BCUT2D eigenvalue weighted by Gasteiger charge is -2.26. The van der Waals surface area contributed by atoms with Crippen LogP contribution in [0.5, 0.6) is 11.5 Å². The van der Waals surface area contributed by atoms with Crippen molar-refractivity contribution in [2.75, 3.05) is 13.2 Å². The highest BCUT2D eigenvalue weighted by atomic mass is 32.2. The molecule has 0 aromatic heterocycles. The van der Waals surface area contributed by atoms with Gasteiger partial charge in [-0.05, 0) is 24.6 Å². The molecule has 132 valence electrons. The molecule has 2 aromatic carbocycles. The van der Waals surface area contributed by atoms with Gasteiger partial charge in [0, 0.05) is 6.07 Å². The summed E-state index contributed by atoms with van der Waals surface area (Å²) in [5.41, 5.74) is -0.161. The van der Waals surface area contributed by atoms with Crippen LogP contribution in [-0.4, -0.2) is 32.6 Å². The first kappa shape index (κ1) is 17.2. The molecule has 1 atom stereocenters. The number of nitro benzene ring substituents is 1. The van der Waals surface area contributed by atoms with Gasteiger partial charge in [-0.3, -0.25) is 10.1 Å². The molecule has 2 aromatic rings. The fourth-order valence-corrected chi connectivity index (χ4v) is 4.03. The highest BCUT2D eigenvalue weighted by molar-refractivity contribution is 7.89. The molecule has 1 aliphatic rings. The molecule has 1 unspecified atom stereocenters. The number of para-hydroxylation sites is 2. The van der Waals surface area contributed by atoms with Crippen molar-refractivity contribution < 1.29 is 22.8 Å². The van der Waals surface area contributed by atoms with Gasteiger partial charge in [-0.2, -0.15) is 0 Å². The van der Waals surface area contributed by atoms with E-state index in [9.17, 15) is 18.5 Å². The van der Waals surface area contributed by atoms with Crippen LogP contribution in [0.15, 0.2) is 47.4 Å². The van der Waals surface area contributed by atoms with Gasteiger partial charge >= 0.3 is 0 Å². The van der Waals surface area contributed by atoms with Crippen LogP contribution in [0.1, 0.15) is 5.56 Å². The summed E-state index contributed by atoms with van der Waals surface area (Å²) in [7, 11) is -4.07. The van der Waals surface area contributed by atoms with E-state index in [1.165, 1.54) is 19.1 Å². The van der Waals surface area contributed by atoms with Crippen LogP contribution in [0.2, 0.25) is 0 Å². The van der Waals surface area contributed by atoms with Crippen LogP contribution >= 0.6 is 0 Å². The fraction of sp³-hybridized carbons (Fsp3) is 0.250. The van der Waals surface area contributed by atoms with Gasteiger partial charge in [0.1, 0.15) is 12.7 Å². The third-order valence-electron chi connectivity index (χ3n) is 3.73. The summed E-state index contributed by atoms with van der Waals surface area (Å²) in [5, 5.41) is 11.1. The molecule has 0 radical (unpaired) electrons. The van der Waals surface area contributed by atoms with E-state index in [4.69, 9.17) is 9.47 Å². The summed E-state index contributed by atoms with van der Waals surface area (Å²) >= 11 is 0. The minimum Gasteiger partial charge on any atom is -0.486 e. The second-order valence-electron chi connectivity index (χ2n) is 5.53. The Morgan fingerprint density at radius 3 is 2.64 bits per heavy atom. The van der Waals surface area contributed by atoms with Crippen LogP contribution in [0.3, 0.4) is 0 Å². The number of nitro groups is 1. The molecule has 0 amide bonds. The van der Waals surface area contributed by atoms with Crippen molar-refractivity contribution in [3.8, 4) is 11.5 Å². The van der Waals surface area contributed by atoms with E-state index in [0.717, 1.165) is 6.07 Å². The molecule has 1 heterocycles. The van der Waals surface area contributed by atoms with Gasteiger partial charge < -0.3 is 9.47 Å². The van der Waals surface area contributed by atoms with Gasteiger partial charge in [0.25, 0.3) is 5.69 Å². The molecule has 3 rings (SSSR count). The molecule has 25 heavy (non-hydrogen) atoms.